The van der Waals surface area contributed by atoms with Gasteiger partial charge in [-0.05, 0) is 55.3 Å². The number of nitrogens with zero attached hydrogens (tertiary/aromatic N) is 1. The van der Waals surface area contributed by atoms with Crippen molar-refractivity contribution in [3.05, 3.63) is 59.4 Å². The summed E-state index contributed by atoms with van der Waals surface area (Å²) in [7, 11) is 1.68. The molecule has 0 radical (unpaired) electrons. The van der Waals surface area contributed by atoms with E-state index in [4.69, 9.17) is 14.7 Å². The quantitative estimate of drug-likeness (QED) is 0.433. The largest absolute Gasteiger partial charge is 0.411 e. The molecule has 0 saturated carbocycles. The average Bonchev–Trinajstić information content (AvgIpc) is 2.67. The summed E-state index contributed by atoms with van der Waals surface area (Å²) in [5.74, 6) is -0.273. The smallest absolute Gasteiger partial charge is 0.124 e. The summed E-state index contributed by atoms with van der Waals surface area (Å²) in [6, 6.07) is 12.7. The van der Waals surface area contributed by atoms with E-state index in [9.17, 15) is 4.39 Å². The summed E-state index contributed by atoms with van der Waals surface area (Å²) < 4.78 is 25.9. The van der Waals surface area contributed by atoms with E-state index in [0.717, 1.165) is 20.9 Å². The molecule has 0 aromatic heterocycles. The normalized spacial score (nSPS) is 23.4. The molecule has 1 saturated heterocycles. The molecule has 0 spiro atoms. The molecule has 2 aromatic rings. The van der Waals surface area contributed by atoms with E-state index in [1.54, 1.807) is 20.1 Å². The van der Waals surface area contributed by atoms with Gasteiger partial charge in [0.1, 0.15) is 5.82 Å². The first kappa shape index (κ1) is 19.9. The zero-order valence-electron chi connectivity index (χ0n) is 15.7. The van der Waals surface area contributed by atoms with Crippen LogP contribution in [0.4, 0.5) is 4.39 Å². The number of hydrogen-bond donors (Lipinski definition) is 1. The van der Waals surface area contributed by atoms with Crippen LogP contribution in [0.5, 0.6) is 0 Å². The van der Waals surface area contributed by atoms with Crippen molar-refractivity contribution in [3.63, 3.8) is 0 Å². The predicted octanol–water partition coefficient (Wildman–Crippen LogP) is 5.22. The number of halogens is 1. The van der Waals surface area contributed by atoms with E-state index in [2.05, 4.69) is 5.16 Å². The third kappa shape index (κ3) is 4.51. The highest BCUT2D eigenvalue weighted by molar-refractivity contribution is 7.99. The number of hydrogen-bond acceptors (Lipinski definition) is 5. The Morgan fingerprint density at radius 2 is 2.00 bits per heavy atom. The zero-order valence-corrected chi connectivity index (χ0v) is 16.6. The first-order valence-electron chi connectivity index (χ1n) is 8.90. The molecule has 1 heterocycles. The molecule has 0 unspecified atom stereocenters. The Morgan fingerprint density at radius 3 is 2.63 bits per heavy atom. The van der Waals surface area contributed by atoms with Gasteiger partial charge in [-0.15, -0.1) is 0 Å². The topological polar surface area (TPSA) is 51.0 Å². The van der Waals surface area contributed by atoms with Gasteiger partial charge in [-0.1, -0.05) is 29.1 Å². The van der Waals surface area contributed by atoms with Crippen molar-refractivity contribution in [2.75, 3.05) is 13.7 Å². The second kappa shape index (κ2) is 8.42. The molecule has 6 heteroatoms. The maximum Gasteiger partial charge on any atom is 0.124 e. The minimum absolute atomic E-state index is 0.0713. The van der Waals surface area contributed by atoms with Crippen molar-refractivity contribution in [2.45, 2.75) is 48.2 Å². The van der Waals surface area contributed by atoms with Crippen LogP contribution in [-0.4, -0.2) is 30.7 Å². The van der Waals surface area contributed by atoms with Crippen LogP contribution in [0.1, 0.15) is 37.8 Å². The zero-order chi connectivity index (χ0) is 19.4. The van der Waals surface area contributed by atoms with Crippen molar-refractivity contribution < 1.29 is 19.1 Å². The summed E-state index contributed by atoms with van der Waals surface area (Å²) in [5, 5.41) is 12.1. The molecule has 1 aliphatic rings. The summed E-state index contributed by atoms with van der Waals surface area (Å²) in [6.45, 7) is 4.35. The highest BCUT2D eigenvalue weighted by Crippen LogP contribution is 2.40. The Morgan fingerprint density at radius 1 is 1.26 bits per heavy atom. The summed E-state index contributed by atoms with van der Waals surface area (Å²) in [4.78, 5) is 1.80. The van der Waals surface area contributed by atoms with Crippen molar-refractivity contribution >= 4 is 17.5 Å². The molecule has 0 bridgehead atoms. The molecule has 4 nitrogen and oxygen atoms in total. The van der Waals surface area contributed by atoms with Crippen LogP contribution in [0.2, 0.25) is 0 Å². The van der Waals surface area contributed by atoms with Crippen molar-refractivity contribution in [1.29, 1.82) is 0 Å². The lowest BCUT2D eigenvalue weighted by atomic mass is 9.83. The molecule has 3 rings (SSSR count). The minimum Gasteiger partial charge on any atom is -0.411 e. The molecule has 27 heavy (non-hydrogen) atoms. The number of ether oxygens (including phenoxy) is 2. The first-order valence-corrected chi connectivity index (χ1v) is 9.72. The maximum atomic E-state index is 14.4. The molecule has 144 valence electrons. The summed E-state index contributed by atoms with van der Waals surface area (Å²) in [6.07, 6.45) is 1.48. The third-order valence-corrected chi connectivity index (χ3v) is 5.95. The Balaban J connectivity index is 1.87. The summed E-state index contributed by atoms with van der Waals surface area (Å²) >= 11 is 1.49. The van der Waals surface area contributed by atoms with Gasteiger partial charge < -0.3 is 14.7 Å². The molecular weight excluding hydrogens is 365 g/mol. The molecule has 0 amide bonds. The molecule has 1 N–H and O–H groups in total. The maximum absolute atomic E-state index is 14.4. The van der Waals surface area contributed by atoms with E-state index in [-0.39, 0.29) is 11.9 Å². The SMILES string of the molecule is CO[C@@]1(c2cc(F)cc(Sc3ccc(/C(C)=N\O)cc3)c2)CCO[C@@H](C)C1. The van der Waals surface area contributed by atoms with Crippen LogP contribution < -0.4 is 0 Å². The van der Waals surface area contributed by atoms with Gasteiger partial charge in [-0.3, -0.25) is 0 Å². The standard InChI is InChI=1S/C21H24FNO3S/c1-14-13-21(25-3,8-9-26-14)17-10-18(22)12-20(11-17)27-19-6-4-16(5-7-19)15(2)23-24/h4-7,10-12,14,24H,8-9,13H2,1-3H3/b23-15-/t14-,21-/m0/s1. The van der Waals surface area contributed by atoms with Crippen LogP contribution in [0.15, 0.2) is 57.4 Å². The fraction of sp³-hybridized carbons (Fsp3) is 0.381. The van der Waals surface area contributed by atoms with Crippen LogP contribution in [0.3, 0.4) is 0 Å². The van der Waals surface area contributed by atoms with E-state index in [1.165, 1.54) is 17.8 Å². The Hall–Kier alpha value is -1.89. The molecule has 2 aromatic carbocycles. The predicted molar refractivity (Wildman–Crippen MR) is 104 cm³/mol. The molecule has 1 aliphatic heterocycles. The number of benzene rings is 2. The number of rotatable bonds is 5. The first-order chi connectivity index (χ1) is 13.0. The summed E-state index contributed by atoms with van der Waals surface area (Å²) in [5.41, 5.74) is 1.72. The molecular formula is C21H24FNO3S. The van der Waals surface area contributed by atoms with Crippen molar-refractivity contribution in [3.8, 4) is 0 Å². The molecule has 0 aliphatic carbocycles. The lowest BCUT2D eigenvalue weighted by Crippen LogP contribution is -2.39. The highest BCUT2D eigenvalue weighted by Gasteiger charge is 2.38. The Kier molecular flexibility index (Phi) is 6.19. The number of methoxy groups -OCH3 is 1. The van der Waals surface area contributed by atoms with Crippen LogP contribution in [-0.2, 0) is 15.1 Å². The third-order valence-electron chi connectivity index (χ3n) is 4.97. The molecule has 2 atom stereocenters. The van der Waals surface area contributed by atoms with Crippen molar-refractivity contribution in [2.24, 2.45) is 5.16 Å². The van der Waals surface area contributed by atoms with E-state index in [0.29, 0.717) is 25.2 Å². The van der Waals surface area contributed by atoms with Gasteiger partial charge in [0.15, 0.2) is 0 Å². The van der Waals surface area contributed by atoms with E-state index >= 15 is 0 Å². The van der Waals surface area contributed by atoms with Crippen molar-refractivity contribution in [1.82, 2.24) is 0 Å². The van der Waals surface area contributed by atoms with Gasteiger partial charge in [0.2, 0.25) is 0 Å². The van der Waals surface area contributed by atoms with Gasteiger partial charge in [0.25, 0.3) is 0 Å². The van der Waals surface area contributed by atoms with Crippen LogP contribution in [0.25, 0.3) is 0 Å². The average molecular weight is 389 g/mol. The molecule has 1 fully saturated rings. The van der Waals surface area contributed by atoms with Gasteiger partial charge >= 0.3 is 0 Å². The van der Waals surface area contributed by atoms with Gasteiger partial charge in [-0.2, -0.15) is 0 Å². The highest BCUT2D eigenvalue weighted by atomic mass is 32.2. The number of oxime groups is 1. The Bertz CT molecular complexity index is 825. The second-order valence-corrected chi connectivity index (χ2v) is 7.97. The van der Waals surface area contributed by atoms with Gasteiger partial charge in [0, 0.05) is 29.7 Å². The van der Waals surface area contributed by atoms with E-state index in [1.807, 2.05) is 37.3 Å². The fourth-order valence-corrected chi connectivity index (χ4v) is 4.36. The minimum atomic E-state index is -0.520. The lowest BCUT2D eigenvalue weighted by molar-refractivity contribution is -0.122. The monoisotopic (exact) mass is 389 g/mol. The van der Waals surface area contributed by atoms with Crippen LogP contribution in [0, 0.1) is 5.82 Å². The Labute approximate surface area is 163 Å². The second-order valence-electron chi connectivity index (χ2n) is 6.82. The van der Waals surface area contributed by atoms with E-state index < -0.39 is 5.60 Å². The van der Waals surface area contributed by atoms with Gasteiger partial charge in [0.05, 0.1) is 24.0 Å². The van der Waals surface area contributed by atoms with Crippen LogP contribution >= 0.6 is 11.8 Å². The fourth-order valence-electron chi connectivity index (χ4n) is 3.46. The van der Waals surface area contributed by atoms with Gasteiger partial charge in [-0.25, -0.2) is 4.39 Å². The lowest BCUT2D eigenvalue weighted by Gasteiger charge is -2.39.